The average Bonchev–Trinajstić information content (AvgIpc) is 3.40. The number of aromatic nitrogens is 4. The first kappa shape index (κ1) is 21.2. The molecule has 1 aliphatic rings. The minimum atomic E-state index is -0.270. The zero-order valence-electron chi connectivity index (χ0n) is 16.6. The number of fused-ring (bicyclic) bond motifs is 1. The number of rotatable bonds is 7. The second-order valence-corrected chi connectivity index (χ2v) is 9.02. The molecule has 0 bridgehead atoms. The fraction of sp³-hybridized carbons (Fsp3) is 0.400. The van der Waals surface area contributed by atoms with Crippen molar-refractivity contribution < 1.29 is 4.79 Å². The lowest BCUT2D eigenvalue weighted by Gasteiger charge is -2.17. The summed E-state index contributed by atoms with van der Waals surface area (Å²) in [5.74, 6) is 1.58. The molecule has 3 aromatic rings. The lowest BCUT2D eigenvalue weighted by atomic mass is 10.2. The number of thioether (sulfide) groups is 1. The highest BCUT2D eigenvalue weighted by atomic mass is 35.5. The molecular weight excluding hydrogens is 443 g/mol. The van der Waals surface area contributed by atoms with Crippen LogP contribution in [0.3, 0.4) is 0 Å². The van der Waals surface area contributed by atoms with Gasteiger partial charge in [-0.15, -0.1) is 0 Å². The maximum absolute atomic E-state index is 12.5. The van der Waals surface area contributed by atoms with E-state index in [1.165, 1.54) is 12.8 Å². The van der Waals surface area contributed by atoms with Crippen molar-refractivity contribution in [3.05, 3.63) is 40.0 Å². The number of nitrogens with one attached hydrogen (secondary N) is 1. The molecule has 0 atom stereocenters. The van der Waals surface area contributed by atoms with Crippen molar-refractivity contribution in [3.8, 4) is 0 Å². The first-order valence-corrected chi connectivity index (χ1v) is 11.7. The zero-order valence-corrected chi connectivity index (χ0v) is 18.9. The molecule has 2 aromatic heterocycles. The molecule has 1 N–H and O–H groups in total. The van der Waals surface area contributed by atoms with Gasteiger partial charge in [-0.1, -0.05) is 41.9 Å². The van der Waals surface area contributed by atoms with Crippen LogP contribution in [0.1, 0.15) is 30.1 Å². The van der Waals surface area contributed by atoms with Crippen molar-refractivity contribution in [3.63, 3.8) is 0 Å². The Morgan fingerprint density at radius 3 is 2.80 bits per heavy atom. The topological polar surface area (TPSA) is 75.9 Å². The highest BCUT2D eigenvalue weighted by Crippen LogP contribution is 2.29. The number of benzene rings is 1. The summed E-state index contributed by atoms with van der Waals surface area (Å²) in [4.78, 5) is 24.3. The molecular formula is C20H22Cl2N6OS. The van der Waals surface area contributed by atoms with Crippen LogP contribution < -0.4 is 10.2 Å². The van der Waals surface area contributed by atoms with E-state index >= 15 is 0 Å². The standard InChI is InChI=1S/C20H22Cl2N6OS/c1-2-30-20-25-17(27-8-3-4-9-27)15-12-24-28(18(15)26-20)10-7-23-19(29)14-11-13(21)5-6-16(14)22/h5-6,11-12H,2-4,7-10H2,1H3,(H,23,29). The number of hydrogen-bond donors (Lipinski definition) is 1. The minimum Gasteiger partial charge on any atom is -0.356 e. The summed E-state index contributed by atoms with van der Waals surface area (Å²) in [6, 6.07) is 4.83. The number of carbonyl (C=O) groups is 1. The summed E-state index contributed by atoms with van der Waals surface area (Å²) >= 11 is 13.7. The monoisotopic (exact) mass is 464 g/mol. The van der Waals surface area contributed by atoms with Crippen LogP contribution in [-0.4, -0.2) is 51.0 Å². The van der Waals surface area contributed by atoms with Gasteiger partial charge in [-0.2, -0.15) is 5.10 Å². The summed E-state index contributed by atoms with van der Waals surface area (Å²) < 4.78 is 1.82. The summed E-state index contributed by atoms with van der Waals surface area (Å²) in [6.45, 7) is 4.97. The van der Waals surface area contributed by atoms with Gasteiger partial charge in [-0.25, -0.2) is 14.6 Å². The van der Waals surface area contributed by atoms with Crippen molar-refractivity contribution in [2.75, 3.05) is 30.3 Å². The number of amides is 1. The third-order valence-electron chi connectivity index (χ3n) is 4.92. The van der Waals surface area contributed by atoms with E-state index in [1.807, 2.05) is 10.9 Å². The maximum Gasteiger partial charge on any atom is 0.252 e. The Morgan fingerprint density at radius 1 is 1.23 bits per heavy atom. The molecule has 0 spiro atoms. The van der Waals surface area contributed by atoms with E-state index < -0.39 is 0 Å². The molecule has 3 heterocycles. The van der Waals surface area contributed by atoms with Crippen molar-refractivity contribution >= 4 is 57.7 Å². The summed E-state index contributed by atoms with van der Waals surface area (Å²) in [6.07, 6.45) is 4.17. The highest BCUT2D eigenvalue weighted by Gasteiger charge is 2.21. The summed E-state index contributed by atoms with van der Waals surface area (Å²) in [7, 11) is 0. The molecule has 30 heavy (non-hydrogen) atoms. The van der Waals surface area contributed by atoms with Gasteiger partial charge in [0.15, 0.2) is 10.8 Å². The third kappa shape index (κ3) is 4.50. The van der Waals surface area contributed by atoms with Crippen LogP contribution in [0.4, 0.5) is 5.82 Å². The normalized spacial score (nSPS) is 13.9. The number of carbonyl (C=O) groups excluding carboxylic acids is 1. The van der Waals surface area contributed by atoms with Crippen LogP contribution in [0.2, 0.25) is 10.0 Å². The first-order chi connectivity index (χ1) is 14.6. The van der Waals surface area contributed by atoms with Crippen LogP contribution >= 0.6 is 35.0 Å². The summed E-state index contributed by atoms with van der Waals surface area (Å²) in [5, 5.41) is 9.92. The fourth-order valence-electron chi connectivity index (χ4n) is 3.49. The van der Waals surface area contributed by atoms with E-state index in [0.29, 0.717) is 28.7 Å². The first-order valence-electron chi connectivity index (χ1n) is 9.91. The van der Waals surface area contributed by atoms with E-state index in [0.717, 1.165) is 40.9 Å². The van der Waals surface area contributed by atoms with Crippen LogP contribution in [-0.2, 0) is 6.54 Å². The van der Waals surface area contributed by atoms with Gasteiger partial charge in [0.25, 0.3) is 5.91 Å². The molecule has 4 rings (SSSR count). The third-order valence-corrected chi connectivity index (χ3v) is 6.21. The molecule has 0 radical (unpaired) electrons. The Balaban J connectivity index is 1.53. The van der Waals surface area contributed by atoms with Gasteiger partial charge >= 0.3 is 0 Å². The largest absolute Gasteiger partial charge is 0.356 e. The molecule has 10 heteroatoms. The average molecular weight is 465 g/mol. The SMILES string of the molecule is CCSc1nc(N2CCCC2)c2cnn(CCNC(=O)c3cc(Cl)ccc3Cl)c2n1. The fourth-order valence-corrected chi connectivity index (χ4v) is 4.43. The molecule has 0 unspecified atom stereocenters. The van der Waals surface area contributed by atoms with E-state index in [2.05, 4.69) is 22.2 Å². The van der Waals surface area contributed by atoms with Crippen LogP contribution in [0, 0.1) is 0 Å². The summed E-state index contributed by atoms with van der Waals surface area (Å²) in [5.41, 5.74) is 1.15. The number of nitrogens with zero attached hydrogens (tertiary/aromatic N) is 5. The second-order valence-electron chi connectivity index (χ2n) is 6.94. The Hall–Kier alpha value is -2.03. The number of hydrogen-bond acceptors (Lipinski definition) is 6. The van der Waals surface area contributed by atoms with Crippen LogP contribution in [0.25, 0.3) is 11.0 Å². The van der Waals surface area contributed by atoms with Gasteiger partial charge in [-0.05, 0) is 36.8 Å². The lowest BCUT2D eigenvalue weighted by Crippen LogP contribution is -2.28. The molecule has 0 aliphatic carbocycles. The van der Waals surface area contributed by atoms with Crippen LogP contribution in [0.5, 0.6) is 0 Å². The van der Waals surface area contributed by atoms with E-state index in [-0.39, 0.29) is 5.91 Å². The van der Waals surface area contributed by atoms with Gasteiger partial charge < -0.3 is 10.2 Å². The van der Waals surface area contributed by atoms with E-state index in [1.54, 1.807) is 30.0 Å². The van der Waals surface area contributed by atoms with E-state index in [4.69, 9.17) is 33.2 Å². The van der Waals surface area contributed by atoms with Crippen molar-refractivity contribution in [2.45, 2.75) is 31.5 Å². The van der Waals surface area contributed by atoms with Crippen LogP contribution in [0.15, 0.2) is 29.6 Å². The van der Waals surface area contributed by atoms with Crippen molar-refractivity contribution in [2.24, 2.45) is 0 Å². The predicted octanol–water partition coefficient (Wildman–Crippen LogP) is 4.28. The Morgan fingerprint density at radius 2 is 2.03 bits per heavy atom. The molecule has 1 aliphatic heterocycles. The zero-order chi connectivity index (χ0) is 21.1. The Bertz CT molecular complexity index is 1070. The maximum atomic E-state index is 12.5. The molecule has 1 fully saturated rings. The molecule has 1 saturated heterocycles. The highest BCUT2D eigenvalue weighted by molar-refractivity contribution is 7.99. The van der Waals surface area contributed by atoms with Gasteiger partial charge in [0.05, 0.1) is 28.7 Å². The number of halogens is 2. The minimum absolute atomic E-state index is 0.270. The molecule has 1 amide bonds. The van der Waals surface area contributed by atoms with Crippen molar-refractivity contribution in [1.29, 1.82) is 0 Å². The van der Waals surface area contributed by atoms with Crippen molar-refractivity contribution in [1.82, 2.24) is 25.1 Å². The second kappa shape index (κ2) is 9.41. The number of anilines is 1. The van der Waals surface area contributed by atoms with Gasteiger partial charge in [-0.3, -0.25) is 4.79 Å². The van der Waals surface area contributed by atoms with Gasteiger partial charge in [0.1, 0.15) is 5.82 Å². The van der Waals surface area contributed by atoms with E-state index in [9.17, 15) is 4.79 Å². The molecule has 158 valence electrons. The van der Waals surface area contributed by atoms with Gasteiger partial charge in [0, 0.05) is 24.7 Å². The lowest BCUT2D eigenvalue weighted by molar-refractivity contribution is 0.0952. The Kier molecular flexibility index (Phi) is 6.65. The van der Waals surface area contributed by atoms with Gasteiger partial charge in [0.2, 0.25) is 0 Å². The molecule has 0 saturated carbocycles. The smallest absolute Gasteiger partial charge is 0.252 e. The Labute approximate surface area is 189 Å². The predicted molar refractivity (Wildman–Crippen MR) is 122 cm³/mol. The molecule has 1 aromatic carbocycles. The molecule has 7 nitrogen and oxygen atoms in total. The quantitative estimate of drug-likeness (QED) is 0.415.